The fourth-order valence-electron chi connectivity index (χ4n) is 2.10. The van der Waals surface area contributed by atoms with E-state index in [-0.39, 0.29) is 11.6 Å². The molecule has 21 heavy (non-hydrogen) atoms. The zero-order valence-electron chi connectivity index (χ0n) is 11.8. The van der Waals surface area contributed by atoms with E-state index in [9.17, 15) is 4.39 Å². The molecule has 2 aromatic rings. The highest BCUT2D eigenvalue weighted by Crippen LogP contribution is 2.30. The molecule has 3 rings (SSSR count). The zero-order valence-corrected chi connectivity index (χ0v) is 13.4. The standard InChI is InChI=1S/C17H17BrFNO/c1-11-3-2-4-16(17(11)19)21-14-8-5-12(15(18)9-14)10-20-13-6-7-13/h2-5,8-9,13,20H,6-7,10H2,1H3. The molecule has 2 nitrogen and oxygen atoms in total. The number of hydrogen-bond acceptors (Lipinski definition) is 2. The predicted molar refractivity (Wildman–Crippen MR) is 85.2 cm³/mol. The molecule has 4 heteroatoms. The first-order valence-electron chi connectivity index (χ1n) is 7.08. The number of halogens is 2. The highest BCUT2D eigenvalue weighted by Gasteiger charge is 2.20. The van der Waals surface area contributed by atoms with Gasteiger partial charge in [0.15, 0.2) is 11.6 Å². The molecular weight excluding hydrogens is 333 g/mol. The fourth-order valence-corrected chi connectivity index (χ4v) is 2.60. The highest BCUT2D eigenvalue weighted by atomic mass is 79.9. The van der Waals surface area contributed by atoms with Gasteiger partial charge in [0.1, 0.15) is 5.75 Å². The second kappa shape index (κ2) is 6.16. The molecule has 0 amide bonds. The summed E-state index contributed by atoms with van der Waals surface area (Å²) in [6, 6.07) is 11.6. The van der Waals surface area contributed by atoms with Crippen molar-refractivity contribution in [3.8, 4) is 11.5 Å². The summed E-state index contributed by atoms with van der Waals surface area (Å²) in [5, 5.41) is 3.47. The molecule has 0 atom stereocenters. The summed E-state index contributed by atoms with van der Waals surface area (Å²) in [4.78, 5) is 0. The second-order valence-corrected chi connectivity index (χ2v) is 6.25. The lowest BCUT2D eigenvalue weighted by atomic mass is 10.2. The Hall–Kier alpha value is -1.39. The van der Waals surface area contributed by atoms with Gasteiger partial charge in [0.2, 0.25) is 0 Å². The molecule has 0 unspecified atom stereocenters. The van der Waals surface area contributed by atoms with E-state index in [1.807, 2.05) is 18.2 Å². The van der Waals surface area contributed by atoms with E-state index in [1.54, 1.807) is 25.1 Å². The minimum absolute atomic E-state index is 0.255. The number of nitrogens with one attached hydrogen (secondary N) is 1. The van der Waals surface area contributed by atoms with Crippen LogP contribution in [0, 0.1) is 12.7 Å². The van der Waals surface area contributed by atoms with Gasteiger partial charge in [-0.3, -0.25) is 0 Å². The first kappa shape index (κ1) is 14.5. The van der Waals surface area contributed by atoms with Crippen LogP contribution in [-0.2, 0) is 6.54 Å². The van der Waals surface area contributed by atoms with E-state index >= 15 is 0 Å². The van der Waals surface area contributed by atoms with E-state index in [2.05, 4.69) is 21.2 Å². The van der Waals surface area contributed by atoms with Crippen molar-refractivity contribution in [2.45, 2.75) is 32.4 Å². The molecule has 1 saturated carbocycles. The molecule has 110 valence electrons. The number of ether oxygens (including phenoxy) is 1. The normalized spacial score (nSPS) is 14.2. The van der Waals surface area contributed by atoms with Crippen LogP contribution in [0.3, 0.4) is 0 Å². The molecule has 0 radical (unpaired) electrons. The third-order valence-corrected chi connectivity index (χ3v) is 4.31. The minimum Gasteiger partial charge on any atom is -0.454 e. The molecule has 1 N–H and O–H groups in total. The van der Waals surface area contributed by atoms with Crippen LogP contribution in [0.4, 0.5) is 4.39 Å². The molecule has 2 aromatic carbocycles. The van der Waals surface area contributed by atoms with Gasteiger partial charge in [-0.25, -0.2) is 4.39 Å². The van der Waals surface area contributed by atoms with Crippen LogP contribution in [0.25, 0.3) is 0 Å². The van der Waals surface area contributed by atoms with Crippen LogP contribution in [0.5, 0.6) is 11.5 Å². The smallest absolute Gasteiger partial charge is 0.168 e. The summed E-state index contributed by atoms with van der Waals surface area (Å²) >= 11 is 3.55. The van der Waals surface area contributed by atoms with E-state index in [1.165, 1.54) is 18.4 Å². The second-order valence-electron chi connectivity index (χ2n) is 5.40. The van der Waals surface area contributed by atoms with Crippen molar-refractivity contribution in [1.82, 2.24) is 5.32 Å². The van der Waals surface area contributed by atoms with Crippen molar-refractivity contribution in [1.29, 1.82) is 0 Å². The van der Waals surface area contributed by atoms with Crippen LogP contribution in [0.15, 0.2) is 40.9 Å². The Balaban J connectivity index is 1.73. The molecule has 0 aromatic heterocycles. The van der Waals surface area contributed by atoms with Crippen molar-refractivity contribution < 1.29 is 9.13 Å². The lowest BCUT2D eigenvalue weighted by Gasteiger charge is -2.11. The average molecular weight is 350 g/mol. The highest BCUT2D eigenvalue weighted by molar-refractivity contribution is 9.10. The summed E-state index contributed by atoms with van der Waals surface area (Å²) in [5.41, 5.74) is 1.76. The molecular formula is C17H17BrFNO. The maximum Gasteiger partial charge on any atom is 0.168 e. The van der Waals surface area contributed by atoms with Crippen molar-refractivity contribution in [2.75, 3.05) is 0 Å². The lowest BCUT2D eigenvalue weighted by Crippen LogP contribution is -2.15. The van der Waals surface area contributed by atoms with E-state index in [0.717, 1.165) is 11.0 Å². The molecule has 1 aliphatic rings. The van der Waals surface area contributed by atoms with Crippen molar-refractivity contribution >= 4 is 15.9 Å². The molecule has 1 fully saturated rings. The number of hydrogen-bond donors (Lipinski definition) is 1. The Labute approximate surface area is 132 Å². The zero-order chi connectivity index (χ0) is 14.8. The van der Waals surface area contributed by atoms with E-state index in [0.29, 0.717) is 17.4 Å². The lowest BCUT2D eigenvalue weighted by molar-refractivity contribution is 0.439. The van der Waals surface area contributed by atoms with E-state index < -0.39 is 0 Å². The summed E-state index contributed by atoms with van der Waals surface area (Å²) in [6.07, 6.45) is 2.54. The molecule has 0 bridgehead atoms. The Morgan fingerprint density at radius 3 is 2.81 bits per heavy atom. The van der Waals surface area contributed by atoms with Crippen molar-refractivity contribution in [3.05, 3.63) is 57.8 Å². The van der Waals surface area contributed by atoms with Gasteiger partial charge in [0.25, 0.3) is 0 Å². The largest absolute Gasteiger partial charge is 0.454 e. The maximum absolute atomic E-state index is 13.9. The first-order valence-corrected chi connectivity index (χ1v) is 7.87. The van der Waals surface area contributed by atoms with Gasteiger partial charge in [-0.05, 0) is 49.1 Å². The maximum atomic E-state index is 13.9. The van der Waals surface area contributed by atoms with Crippen LogP contribution < -0.4 is 10.1 Å². The third kappa shape index (κ3) is 3.63. The predicted octanol–water partition coefficient (Wildman–Crippen LogP) is 4.94. The first-order chi connectivity index (χ1) is 10.1. The number of aryl methyl sites for hydroxylation is 1. The Kier molecular flexibility index (Phi) is 4.27. The van der Waals surface area contributed by atoms with Gasteiger partial charge in [-0.1, -0.05) is 34.1 Å². The number of benzene rings is 2. The molecule has 0 aliphatic heterocycles. The quantitative estimate of drug-likeness (QED) is 0.825. The molecule has 0 heterocycles. The SMILES string of the molecule is Cc1cccc(Oc2ccc(CNC3CC3)c(Br)c2)c1F. The van der Waals surface area contributed by atoms with Gasteiger partial charge in [0.05, 0.1) is 0 Å². The van der Waals surface area contributed by atoms with Crippen LogP contribution >= 0.6 is 15.9 Å². The van der Waals surface area contributed by atoms with Crippen LogP contribution in [-0.4, -0.2) is 6.04 Å². The van der Waals surface area contributed by atoms with Gasteiger partial charge < -0.3 is 10.1 Å². The molecule has 0 spiro atoms. The number of rotatable bonds is 5. The van der Waals surface area contributed by atoms with Crippen molar-refractivity contribution in [3.63, 3.8) is 0 Å². The van der Waals surface area contributed by atoms with Gasteiger partial charge >= 0.3 is 0 Å². The van der Waals surface area contributed by atoms with Crippen LogP contribution in [0.1, 0.15) is 24.0 Å². The Bertz CT molecular complexity index is 655. The molecule has 0 saturated heterocycles. The van der Waals surface area contributed by atoms with Crippen molar-refractivity contribution in [2.24, 2.45) is 0 Å². The summed E-state index contributed by atoms with van der Waals surface area (Å²) in [6.45, 7) is 2.56. The fraction of sp³-hybridized carbons (Fsp3) is 0.294. The Morgan fingerprint density at radius 1 is 1.29 bits per heavy atom. The van der Waals surface area contributed by atoms with Gasteiger partial charge in [-0.2, -0.15) is 0 Å². The summed E-state index contributed by atoms with van der Waals surface area (Å²) in [7, 11) is 0. The topological polar surface area (TPSA) is 21.3 Å². The van der Waals surface area contributed by atoms with Gasteiger partial charge in [0, 0.05) is 17.1 Å². The summed E-state index contributed by atoms with van der Waals surface area (Å²) in [5.74, 6) is 0.570. The Morgan fingerprint density at radius 2 is 2.10 bits per heavy atom. The molecule has 1 aliphatic carbocycles. The average Bonchev–Trinajstić information content (AvgIpc) is 3.27. The summed E-state index contributed by atoms with van der Waals surface area (Å²) < 4.78 is 20.5. The van der Waals surface area contributed by atoms with E-state index in [4.69, 9.17) is 4.74 Å². The monoisotopic (exact) mass is 349 g/mol. The van der Waals surface area contributed by atoms with Gasteiger partial charge in [-0.15, -0.1) is 0 Å². The minimum atomic E-state index is -0.312. The third-order valence-electron chi connectivity index (χ3n) is 3.57. The van der Waals surface area contributed by atoms with Crippen LogP contribution in [0.2, 0.25) is 0 Å².